The van der Waals surface area contributed by atoms with E-state index in [4.69, 9.17) is 0 Å². The van der Waals surface area contributed by atoms with Gasteiger partial charge < -0.3 is 9.88 Å². The van der Waals surface area contributed by atoms with Crippen LogP contribution in [0.3, 0.4) is 0 Å². The lowest BCUT2D eigenvalue weighted by Crippen LogP contribution is -2.35. The van der Waals surface area contributed by atoms with Gasteiger partial charge in [0, 0.05) is 35.7 Å². The molecule has 0 radical (unpaired) electrons. The summed E-state index contributed by atoms with van der Waals surface area (Å²) in [5, 5.41) is 4.71. The summed E-state index contributed by atoms with van der Waals surface area (Å²) in [6.07, 6.45) is 3.52. The zero-order chi connectivity index (χ0) is 11.4. The third kappa shape index (κ3) is 1.23. The molecule has 1 aromatic heterocycles. The molecule has 1 aromatic carbocycles. The van der Waals surface area contributed by atoms with Gasteiger partial charge in [-0.2, -0.15) is 0 Å². The Morgan fingerprint density at radius 1 is 1.35 bits per heavy atom. The van der Waals surface area contributed by atoms with Crippen molar-refractivity contribution >= 4 is 10.9 Å². The number of aryl methyl sites for hydroxylation is 1. The molecule has 0 amide bonds. The van der Waals surface area contributed by atoms with Crippen molar-refractivity contribution < 1.29 is 4.39 Å². The average molecular weight is 230 g/mol. The Labute approximate surface area is 99.4 Å². The van der Waals surface area contributed by atoms with Crippen LogP contribution in [0.25, 0.3) is 10.9 Å². The molecule has 1 aliphatic carbocycles. The van der Waals surface area contributed by atoms with E-state index < -0.39 is 0 Å². The Bertz CT molecular complexity index is 598. The van der Waals surface area contributed by atoms with Crippen LogP contribution in [0.5, 0.6) is 0 Å². The van der Waals surface area contributed by atoms with E-state index >= 15 is 0 Å². The molecule has 1 N–H and O–H groups in total. The Morgan fingerprint density at radius 3 is 3.24 bits per heavy atom. The summed E-state index contributed by atoms with van der Waals surface area (Å²) in [5.41, 5.74) is 4.01. The first-order valence-corrected chi connectivity index (χ1v) is 6.38. The SMILES string of the molecule is Fc1ccc2c(c1)c1c3n2CCN[C@@H]3CCC1. The van der Waals surface area contributed by atoms with Crippen molar-refractivity contribution in [2.75, 3.05) is 6.54 Å². The van der Waals surface area contributed by atoms with Gasteiger partial charge in [-0.3, -0.25) is 0 Å². The number of hydrogen-bond donors (Lipinski definition) is 1. The highest BCUT2D eigenvalue weighted by molar-refractivity contribution is 5.86. The highest BCUT2D eigenvalue weighted by atomic mass is 19.1. The highest BCUT2D eigenvalue weighted by Crippen LogP contribution is 2.38. The topological polar surface area (TPSA) is 17.0 Å². The van der Waals surface area contributed by atoms with Crippen LogP contribution in [-0.2, 0) is 13.0 Å². The van der Waals surface area contributed by atoms with Gasteiger partial charge in [-0.1, -0.05) is 0 Å². The maximum absolute atomic E-state index is 13.4. The van der Waals surface area contributed by atoms with E-state index in [1.807, 2.05) is 6.07 Å². The third-order valence-corrected chi connectivity index (χ3v) is 4.15. The summed E-state index contributed by atoms with van der Waals surface area (Å²) in [6.45, 7) is 2.03. The van der Waals surface area contributed by atoms with Crippen LogP contribution in [0.1, 0.15) is 30.1 Å². The first kappa shape index (κ1) is 9.66. The smallest absolute Gasteiger partial charge is 0.123 e. The Balaban J connectivity index is 2.11. The predicted octanol–water partition coefficient (Wildman–Crippen LogP) is 2.76. The molecule has 0 fully saturated rings. The molecule has 2 aliphatic rings. The Kier molecular flexibility index (Phi) is 1.89. The van der Waals surface area contributed by atoms with Crippen LogP contribution in [0, 0.1) is 5.82 Å². The number of benzene rings is 1. The molecule has 3 heteroatoms. The summed E-state index contributed by atoms with van der Waals surface area (Å²) >= 11 is 0. The lowest BCUT2D eigenvalue weighted by molar-refractivity contribution is 0.384. The summed E-state index contributed by atoms with van der Waals surface area (Å²) in [4.78, 5) is 0. The molecule has 0 bridgehead atoms. The molecule has 2 aromatic rings. The highest BCUT2D eigenvalue weighted by Gasteiger charge is 2.29. The monoisotopic (exact) mass is 230 g/mol. The maximum Gasteiger partial charge on any atom is 0.123 e. The normalized spacial score (nSPS) is 22.8. The second-order valence-electron chi connectivity index (χ2n) is 5.08. The minimum absolute atomic E-state index is 0.119. The molecule has 0 spiro atoms. The van der Waals surface area contributed by atoms with Crippen molar-refractivity contribution in [2.24, 2.45) is 0 Å². The van der Waals surface area contributed by atoms with Gasteiger partial charge in [0.15, 0.2) is 0 Å². The summed E-state index contributed by atoms with van der Waals surface area (Å²) in [7, 11) is 0. The van der Waals surface area contributed by atoms with Crippen LogP contribution in [0.15, 0.2) is 18.2 Å². The zero-order valence-corrected chi connectivity index (χ0v) is 9.67. The second-order valence-corrected chi connectivity index (χ2v) is 5.08. The van der Waals surface area contributed by atoms with Crippen LogP contribution in [-0.4, -0.2) is 11.1 Å². The molecule has 17 heavy (non-hydrogen) atoms. The molecule has 4 rings (SSSR count). The van der Waals surface area contributed by atoms with Crippen molar-refractivity contribution in [1.29, 1.82) is 0 Å². The molecule has 2 nitrogen and oxygen atoms in total. The Hall–Kier alpha value is -1.35. The van der Waals surface area contributed by atoms with Gasteiger partial charge in [0.25, 0.3) is 0 Å². The number of nitrogens with zero attached hydrogens (tertiary/aromatic N) is 1. The molecule has 0 unspecified atom stereocenters. The van der Waals surface area contributed by atoms with Gasteiger partial charge in [0.1, 0.15) is 5.82 Å². The lowest BCUT2D eigenvalue weighted by atomic mass is 9.91. The minimum atomic E-state index is -0.119. The van der Waals surface area contributed by atoms with Crippen LogP contribution in [0.2, 0.25) is 0 Å². The molecule has 88 valence electrons. The van der Waals surface area contributed by atoms with Gasteiger partial charge in [-0.15, -0.1) is 0 Å². The lowest BCUT2D eigenvalue weighted by Gasteiger charge is -2.31. The first-order chi connectivity index (χ1) is 8.34. The standard InChI is InChI=1S/C14H15FN2/c15-9-4-5-13-11(8-9)10-2-1-3-12-14(10)17(13)7-6-16-12/h4-5,8,12,16H,1-3,6-7H2/t12-/m1/s1. The van der Waals surface area contributed by atoms with Crippen LogP contribution >= 0.6 is 0 Å². The number of nitrogens with one attached hydrogen (secondary N) is 1. The van der Waals surface area contributed by atoms with E-state index in [1.54, 1.807) is 12.1 Å². The van der Waals surface area contributed by atoms with E-state index in [1.165, 1.54) is 29.6 Å². The summed E-state index contributed by atoms with van der Waals surface area (Å²) in [5.74, 6) is -0.119. The van der Waals surface area contributed by atoms with E-state index in [0.29, 0.717) is 6.04 Å². The molecule has 1 atom stereocenters. The molecule has 0 saturated carbocycles. The quantitative estimate of drug-likeness (QED) is 0.736. The number of aromatic nitrogens is 1. The number of halogens is 1. The zero-order valence-electron chi connectivity index (χ0n) is 9.67. The fraction of sp³-hybridized carbons (Fsp3) is 0.429. The van der Waals surface area contributed by atoms with Gasteiger partial charge in [-0.25, -0.2) is 4.39 Å². The summed E-state index contributed by atoms with van der Waals surface area (Å²) < 4.78 is 15.8. The van der Waals surface area contributed by atoms with E-state index in [2.05, 4.69) is 9.88 Å². The number of hydrogen-bond acceptors (Lipinski definition) is 1. The fourth-order valence-corrected chi connectivity index (χ4v) is 3.49. The Morgan fingerprint density at radius 2 is 2.29 bits per heavy atom. The van der Waals surface area contributed by atoms with Gasteiger partial charge in [0.05, 0.1) is 0 Å². The largest absolute Gasteiger partial charge is 0.342 e. The van der Waals surface area contributed by atoms with Gasteiger partial charge in [-0.05, 0) is 43.0 Å². The van der Waals surface area contributed by atoms with Gasteiger partial charge in [0.2, 0.25) is 0 Å². The van der Waals surface area contributed by atoms with Crippen molar-refractivity contribution in [2.45, 2.75) is 31.8 Å². The van der Waals surface area contributed by atoms with E-state index in [0.717, 1.165) is 24.9 Å². The van der Waals surface area contributed by atoms with Crippen LogP contribution < -0.4 is 5.32 Å². The average Bonchev–Trinajstić information content (AvgIpc) is 2.67. The van der Waals surface area contributed by atoms with Crippen molar-refractivity contribution in [3.05, 3.63) is 35.3 Å². The van der Waals surface area contributed by atoms with Crippen molar-refractivity contribution in [1.82, 2.24) is 9.88 Å². The van der Waals surface area contributed by atoms with E-state index in [-0.39, 0.29) is 5.82 Å². The predicted molar refractivity (Wildman–Crippen MR) is 65.6 cm³/mol. The molecule has 1 aliphatic heterocycles. The first-order valence-electron chi connectivity index (χ1n) is 6.38. The maximum atomic E-state index is 13.4. The number of rotatable bonds is 0. The van der Waals surface area contributed by atoms with Crippen molar-refractivity contribution in [3.63, 3.8) is 0 Å². The minimum Gasteiger partial charge on any atom is -0.342 e. The summed E-state index contributed by atoms with van der Waals surface area (Å²) in [6, 6.07) is 5.71. The third-order valence-electron chi connectivity index (χ3n) is 4.15. The second kappa shape index (κ2) is 3.33. The molecule has 2 heterocycles. The number of fused-ring (bicyclic) bond motifs is 3. The van der Waals surface area contributed by atoms with E-state index in [9.17, 15) is 4.39 Å². The van der Waals surface area contributed by atoms with Gasteiger partial charge >= 0.3 is 0 Å². The molecular formula is C14H15FN2. The molecular weight excluding hydrogens is 215 g/mol. The fourth-order valence-electron chi connectivity index (χ4n) is 3.49. The molecule has 0 saturated heterocycles. The van der Waals surface area contributed by atoms with Crippen LogP contribution in [0.4, 0.5) is 4.39 Å². The van der Waals surface area contributed by atoms with Crippen molar-refractivity contribution in [3.8, 4) is 0 Å².